The van der Waals surface area contributed by atoms with Gasteiger partial charge in [-0.1, -0.05) is 0 Å². The predicted octanol–water partition coefficient (Wildman–Crippen LogP) is 1.32. The Morgan fingerprint density at radius 3 is 2.52 bits per heavy atom. The molecule has 3 heterocycles. The second-order valence-electron chi connectivity index (χ2n) is 7.08. The number of hydrogen-bond acceptors (Lipinski definition) is 5. The number of amides is 2. The van der Waals surface area contributed by atoms with E-state index in [-0.39, 0.29) is 12.1 Å². The number of carboxylic acids is 1. The van der Waals surface area contributed by atoms with Crippen LogP contribution in [0.15, 0.2) is 12.3 Å². The molecule has 1 unspecified atom stereocenters. The van der Waals surface area contributed by atoms with Crippen LogP contribution in [-0.4, -0.2) is 89.3 Å². The van der Waals surface area contributed by atoms with Crippen LogP contribution < -0.4 is 5.32 Å². The minimum absolute atomic E-state index is 0.0584. The van der Waals surface area contributed by atoms with Gasteiger partial charge in [-0.05, 0) is 18.9 Å². The molecular formula is C17H26F3N5O4. The summed E-state index contributed by atoms with van der Waals surface area (Å²) in [6.07, 6.45) is -1.06. The molecule has 164 valence electrons. The summed E-state index contributed by atoms with van der Waals surface area (Å²) < 4.78 is 39.3. The standard InChI is InChI=1S/C15H25N5O2.C2HF3O2/c1-18(2)15(21)16-9-14-11-19(12-4-7-22-8-5-12)10-13-3-6-17-20(13)14;3-2(4,5)1(6)7/h3,6,12,14H,4-5,7-11H2,1-2H3,(H,16,21);(H,6,7). The van der Waals surface area contributed by atoms with Crippen LogP contribution in [0.5, 0.6) is 0 Å². The number of fused-ring (bicyclic) bond motifs is 1. The van der Waals surface area contributed by atoms with Crippen molar-refractivity contribution in [1.29, 1.82) is 0 Å². The molecule has 2 N–H and O–H groups in total. The summed E-state index contributed by atoms with van der Waals surface area (Å²) >= 11 is 0. The topological polar surface area (TPSA) is 99.9 Å². The smallest absolute Gasteiger partial charge is 0.475 e. The number of rotatable bonds is 3. The number of carbonyl (C=O) groups is 2. The van der Waals surface area contributed by atoms with Crippen molar-refractivity contribution in [2.75, 3.05) is 40.4 Å². The van der Waals surface area contributed by atoms with E-state index in [2.05, 4.69) is 26.1 Å². The van der Waals surface area contributed by atoms with Gasteiger partial charge in [-0.15, -0.1) is 0 Å². The fraction of sp³-hybridized carbons (Fsp3) is 0.706. The Bertz CT molecular complexity index is 689. The summed E-state index contributed by atoms with van der Waals surface area (Å²) in [5, 5.41) is 14.5. The van der Waals surface area contributed by atoms with Gasteiger partial charge in [0.05, 0.1) is 11.7 Å². The maximum atomic E-state index is 11.8. The molecule has 1 saturated heterocycles. The summed E-state index contributed by atoms with van der Waals surface area (Å²) in [6, 6.07) is 2.78. The van der Waals surface area contributed by atoms with Gasteiger partial charge in [-0.25, -0.2) is 9.59 Å². The van der Waals surface area contributed by atoms with E-state index in [1.165, 1.54) is 5.69 Å². The van der Waals surface area contributed by atoms with Gasteiger partial charge in [-0.3, -0.25) is 9.58 Å². The number of aliphatic carboxylic acids is 1. The minimum atomic E-state index is -5.08. The zero-order valence-corrected chi connectivity index (χ0v) is 16.4. The second-order valence-corrected chi connectivity index (χ2v) is 7.08. The molecule has 3 rings (SSSR count). The number of hydrogen-bond donors (Lipinski definition) is 2. The van der Waals surface area contributed by atoms with E-state index >= 15 is 0 Å². The third-order valence-electron chi connectivity index (χ3n) is 4.75. The number of aromatic nitrogens is 2. The lowest BCUT2D eigenvalue weighted by Crippen LogP contribution is -2.49. The van der Waals surface area contributed by atoms with Crippen molar-refractivity contribution in [1.82, 2.24) is 24.9 Å². The van der Waals surface area contributed by atoms with Gasteiger partial charge in [-0.2, -0.15) is 18.3 Å². The van der Waals surface area contributed by atoms with Crippen LogP contribution in [0.25, 0.3) is 0 Å². The van der Waals surface area contributed by atoms with Gasteiger partial charge in [0.1, 0.15) is 0 Å². The molecule has 2 aliphatic rings. The number of alkyl halides is 3. The van der Waals surface area contributed by atoms with Crippen molar-refractivity contribution in [3.05, 3.63) is 18.0 Å². The maximum absolute atomic E-state index is 11.8. The molecule has 12 heteroatoms. The number of carboxylic acid groups (broad SMARTS) is 1. The molecule has 0 saturated carbocycles. The molecule has 0 spiro atoms. The van der Waals surface area contributed by atoms with Crippen molar-refractivity contribution in [2.45, 2.75) is 37.6 Å². The molecule has 1 atom stereocenters. The number of ether oxygens (including phenoxy) is 1. The van der Waals surface area contributed by atoms with Crippen LogP contribution in [0.2, 0.25) is 0 Å². The molecule has 2 aliphatic heterocycles. The maximum Gasteiger partial charge on any atom is 0.490 e. The van der Waals surface area contributed by atoms with Crippen molar-refractivity contribution < 1.29 is 32.6 Å². The molecule has 1 aromatic heterocycles. The molecule has 0 aromatic carbocycles. The van der Waals surface area contributed by atoms with Gasteiger partial charge >= 0.3 is 18.2 Å². The lowest BCUT2D eigenvalue weighted by Gasteiger charge is -2.40. The molecule has 29 heavy (non-hydrogen) atoms. The fourth-order valence-electron chi connectivity index (χ4n) is 3.26. The van der Waals surface area contributed by atoms with Gasteiger partial charge in [0.2, 0.25) is 0 Å². The van der Waals surface area contributed by atoms with Gasteiger partial charge in [0, 0.05) is 59.2 Å². The van der Waals surface area contributed by atoms with Crippen molar-refractivity contribution in [2.24, 2.45) is 0 Å². The third-order valence-corrected chi connectivity index (χ3v) is 4.75. The van der Waals surface area contributed by atoms with Gasteiger partial charge in [0.25, 0.3) is 0 Å². The number of nitrogens with one attached hydrogen (secondary N) is 1. The quantitative estimate of drug-likeness (QED) is 0.764. The summed E-state index contributed by atoms with van der Waals surface area (Å²) in [5.41, 5.74) is 1.22. The Morgan fingerprint density at radius 2 is 1.97 bits per heavy atom. The highest BCUT2D eigenvalue weighted by molar-refractivity contribution is 5.73. The zero-order valence-electron chi connectivity index (χ0n) is 16.4. The van der Waals surface area contributed by atoms with Crippen LogP contribution in [0, 0.1) is 0 Å². The van der Waals surface area contributed by atoms with E-state index in [1.807, 2.05) is 6.20 Å². The number of halogens is 3. The Hall–Kier alpha value is -2.34. The van der Waals surface area contributed by atoms with Crippen LogP contribution in [0.4, 0.5) is 18.0 Å². The van der Waals surface area contributed by atoms with Crippen molar-refractivity contribution in [3.8, 4) is 0 Å². The lowest BCUT2D eigenvalue weighted by atomic mass is 10.0. The molecular weight excluding hydrogens is 395 g/mol. The largest absolute Gasteiger partial charge is 0.490 e. The molecule has 1 aromatic rings. The molecule has 2 amide bonds. The highest BCUT2D eigenvalue weighted by Crippen LogP contribution is 2.25. The van der Waals surface area contributed by atoms with Crippen LogP contribution in [0.1, 0.15) is 24.6 Å². The van der Waals surface area contributed by atoms with E-state index in [9.17, 15) is 18.0 Å². The average molecular weight is 421 g/mol. The van der Waals surface area contributed by atoms with Gasteiger partial charge < -0.3 is 20.1 Å². The van der Waals surface area contributed by atoms with E-state index in [0.717, 1.165) is 39.1 Å². The first-order valence-corrected chi connectivity index (χ1v) is 9.19. The van der Waals surface area contributed by atoms with Crippen LogP contribution >= 0.6 is 0 Å². The minimum Gasteiger partial charge on any atom is -0.475 e. The van der Waals surface area contributed by atoms with E-state index < -0.39 is 12.1 Å². The molecule has 0 bridgehead atoms. The number of nitrogens with zero attached hydrogens (tertiary/aromatic N) is 4. The third kappa shape index (κ3) is 6.60. The monoisotopic (exact) mass is 421 g/mol. The van der Waals surface area contributed by atoms with E-state index in [0.29, 0.717) is 12.6 Å². The molecule has 0 radical (unpaired) electrons. The summed E-state index contributed by atoms with van der Waals surface area (Å²) in [4.78, 5) is 24.7. The number of carbonyl (C=O) groups excluding carboxylic acids is 1. The predicted molar refractivity (Wildman–Crippen MR) is 96.3 cm³/mol. The summed E-state index contributed by atoms with van der Waals surface area (Å²) in [6.45, 7) is 4.16. The summed E-state index contributed by atoms with van der Waals surface area (Å²) in [7, 11) is 3.51. The number of urea groups is 1. The normalized spacial score (nSPS) is 20.2. The fourth-order valence-corrected chi connectivity index (χ4v) is 3.26. The second kappa shape index (κ2) is 9.92. The highest BCUT2D eigenvalue weighted by atomic mass is 19.4. The first-order chi connectivity index (χ1) is 13.6. The summed E-state index contributed by atoms with van der Waals surface area (Å²) in [5.74, 6) is -2.76. The van der Waals surface area contributed by atoms with E-state index in [4.69, 9.17) is 14.6 Å². The SMILES string of the molecule is CN(C)C(=O)NCC1CN(C2CCOCC2)Cc2ccnn21.O=C(O)C(F)(F)F. The Kier molecular flexibility index (Phi) is 7.85. The first kappa shape index (κ1) is 22.9. The van der Waals surface area contributed by atoms with E-state index in [1.54, 1.807) is 19.0 Å². The highest BCUT2D eigenvalue weighted by Gasteiger charge is 2.38. The molecule has 1 fully saturated rings. The van der Waals surface area contributed by atoms with Crippen LogP contribution in [-0.2, 0) is 16.1 Å². The molecule has 0 aliphatic carbocycles. The van der Waals surface area contributed by atoms with Crippen molar-refractivity contribution in [3.63, 3.8) is 0 Å². The van der Waals surface area contributed by atoms with Gasteiger partial charge in [0.15, 0.2) is 0 Å². The van der Waals surface area contributed by atoms with Crippen LogP contribution in [0.3, 0.4) is 0 Å². The Morgan fingerprint density at radius 1 is 1.34 bits per heavy atom. The average Bonchev–Trinajstić information content (AvgIpc) is 3.15. The Balaban J connectivity index is 0.000000370. The van der Waals surface area contributed by atoms with Crippen molar-refractivity contribution >= 4 is 12.0 Å². The zero-order chi connectivity index (χ0) is 21.6. The Labute approximate surface area is 166 Å². The molecule has 9 nitrogen and oxygen atoms in total. The lowest BCUT2D eigenvalue weighted by molar-refractivity contribution is -0.192. The first-order valence-electron chi connectivity index (χ1n) is 9.19.